The van der Waals surface area contributed by atoms with Gasteiger partial charge in [-0.25, -0.2) is 8.78 Å². The van der Waals surface area contributed by atoms with E-state index in [1.807, 2.05) is 0 Å². The van der Waals surface area contributed by atoms with E-state index in [9.17, 15) is 13.6 Å². The van der Waals surface area contributed by atoms with Gasteiger partial charge in [-0.15, -0.1) is 10.2 Å². The first-order valence-corrected chi connectivity index (χ1v) is 7.05. The molecule has 0 aliphatic carbocycles. The van der Waals surface area contributed by atoms with Gasteiger partial charge >= 0.3 is 0 Å². The molecule has 0 spiro atoms. The average molecular weight is 312 g/mol. The molecule has 0 saturated heterocycles. The Hall–Kier alpha value is -1.96. The number of carbonyl (C=O) groups excluding carboxylic acids is 1. The molecule has 2 rings (SSSR count). The van der Waals surface area contributed by atoms with Crippen molar-refractivity contribution in [2.45, 2.75) is 24.3 Å². The number of halogens is 2. The molecular weight excluding hydrogens is 298 g/mol. The van der Waals surface area contributed by atoms with Crippen molar-refractivity contribution in [2.24, 2.45) is 7.05 Å². The summed E-state index contributed by atoms with van der Waals surface area (Å²) in [7, 11) is 1.79. The Morgan fingerprint density at radius 1 is 1.38 bits per heavy atom. The summed E-state index contributed by atoms with van der Waals surface area (Å²) < 4.78 is 28.3. The van der Waals surface area contributed by atoms with E-state index in [0.29, 0.717) is 5.16 Å². The monoisotopic (exact) mass is 312 g/mol. The van der Waals surface area contributed by atoms with E-state index in [1.165, 1.54) is 11.8 Å². The Morgan fingerprint density at radius 3 is 2.71 bits per heavy atom. The van der Waals surface area contributed by atoms with Gasteiger partial charge in [0.05, 0.1) is 10.9 Å². The number of aromatic nitrogens is 3. The molecule has 0 fully saturated rings. The summed E-state index contributed by atoms with van der Waals surface area (Å²) in [6.07, 6.45) is 0. The normalized spacial score (nSPS) is 12.2. The van der Waals surface area contributed by atoms with Crippen LogP contribution in [0.2, 0.25) is 0 Å². The van der Waals surface area contributed by atoms with Crippen LogP contribution in [0, 0.1) is 18.6 Å². The number of thioether (sulfide) groups is 1. The Balaban J connectivity index is 2.06. The lowest BCUT2D eigenvalue weighted by molar-refractivity contribution is -0.115. The quantitative estimate of drug-likeness (QED) is 0.881. The Labute approximate surface area is 124 Å². The first-order chi connectivity index (χ1) is 9.88. The summed E-state index contributed by atoms with van der Waals surface area (Å²) in [6.45, 7) is 3.45. The lowest BCUT2D eigenvalue weighted by Crippen LogP contribution is -2.23. The van der Waals surface area contributed by atoms with Crippen LogP contribution in [0.1, 0.15) is 12.7 Å². The third kappa shape index (κ3) is 3.57. The minimum absolute atomic E-state index is 0.179. The standard InChI is InChI=1S/C13H14F2N4OS/c1-7(21-13-18-17-8(2)19(13)3)12(20)16-11-6-9(14)4-5-10(11)15/h4-7H,1-3H3,(H,16,20)/t7-/m0/s1. The second kappa shape index (κ2) is 6.21. The summed E-state index contributed by atoms with van der Waals surface area (Å²) in [6, 6.07) is 2.90. The zero-order chi connectivity index (χ0) is 15.6. The summed E-state index contributed by atoms with van der Waals surface area (Å²) in [5.74, 6) is -1.01. The summed E-state index contributed by atoms with van der Waals surface area (Å²) in [4.78, 5) is 12.0. The molecule has 0 aliphatic heterocycles. The molecular formula is C13H14F2N4OS. The highest BCUT2D eigenvalue weighted by Crippen LogP contribution is 2.23. The van der Waals surface area contributed by atoms with E-state index < -0.39 is 22.8 Å². The van der Waals surface area contributed by atoms with E-state index in [-0.39, 0.29) is 5.69 Å². The van der Waals surface area contributed by atoms with E-state index in [1.54, 1.807) is 25.5 Å². The van der Waals surface area contributed by atoms with Crippen LogP contribution in [-0.2, 0) is 11.8 Å². The zero-order valence-electron chi connectivity index (χ0n) is 11.7. The van der Waals surface area contributed by atoms with Gasteiger partial charge in [-0.3, -0.25) is 4.79 Å². The molecule has 21 heavy (non-hydrogen) atoms. The van der Waals surface area contributed by atoms with Gasteiger partial charge in [0, 0.05) is 13.1 Å². The van der Waals surface area contributed by atoms with Crippen LogP contribution in [0.5, 0.6) is 0 Å². The van der Waals surface area contributed by atoms with Crippen molar-refractivity contribution in [3.8, 4) is 0 Å². The summed E-state index contributed by atoms with van der Waals surface area (Å²) in [5, 5.41) is 10.2. The number of benzene rings is 1. The number of nitrogens with zero attached hydrogens (tertiary/aromatic N) is 3. The maximum atomic E-state index is 13.5. The lowest BCUT2D eigenvalue weighted by atomic mass is 10.3. The van der Waals surface area contributed by atoms with Crippen LogP contribution in [0.4, 0.5) is 14.5 Å². The second-order valence-corrected chi connectivity index (χ2v) is 5.77. The number of nitrogens with one attached hydrogen (secondary N) is 1. The fraction of sp³-hybridized carbons (Fsp3) is 0.308. The Bertz CT molecular complexity index is 674. The predicted octanol–water partition coefficient (Wildman–Crippen LogP) is 2.52. The smallest absolute Gasteiger partial charge is 0.237 e. The van der Waals surface area contributed by atoms with Crippen molar-refractivity contribution in [1.82, 2.24) is 14.8 Å². The van der Waals surface area contributed by atoms with Gasteiger partial charge < -0.3 is 9.88 Å². The minimum Gasteiger partial charge on any atom is -0.323 e. The number of carbonyl (C=O) groups is 1. The molecule has 1 heterocycles. The van der Waals surface area contributed by atoms with Gasteiger partial charge in [-0.1, -0.05) is 11.8 Å². The van der Waals surface area contributed by atoms with Gasteiger partial charge in [-0.2, -0.15) is 0 Å². The van der Waals surface area contributed by atoms with Crippen molar-refractivity contribution < 1.29 is 13.6 Å². The van der Waals surface area contributed by atoms with Crippen molar-refractivity contribution in [1.29, 1.82) is 0 Å². The van der Waals surface area contributed by atoms with Crippen LogP contribution in [-0.4, -0.2) is 25.9 Å². The highest BCUT2D eigenvalue weighted by Gasteiger charge is 2.19. The topological polar surface area (TPSA) is 59.8 Å². The van der Waals surface area contributed by atoms with Crippen LogP contribution in [0.25, 0.3) is 0 Å². The van der Waals surface area contributed by atoms with Gasteiger partial charge in [-0.05, 0) is 26.0 Å². The molecule has 112 valence electrons. The predicted molar refractivity (Wildman–Crippen MR) is 76.0 cm³/mol. The van der Waals surface area contributed by atoms with Crippen LogP contribution in [0.15, 0.2) is 23.4 Å². The van der Waals surface area contributed by atoms with Gasteiger partial charge in [0.15, 0.2) is 5.16 Å². The first kappa shape index (κ1) is 15.4. The number of amides is 1. The molecule has 8 heteroatoms. The Morgan fingerprint density at radius 2 is 2.10 bits per heavy atom. The third-order valence-electron chi connectivity index (χ3n) is 2.89. The molecule has 0 aliphatic rings. The molecule has 1 aromatic carbocycles. The van der Waals surface area contributed by atoms with Crippen LogP contribution in [0.3, 0.4) is 0 Å². The molecule has 0 radical (unpaired) electrons. The largest absolute Gasteiger partial charge is 0.323 e. The van der Waals surface area contributed by atoms with Gasteiger partial charge in [0.1, 0.15) is 17.5 Å². The fourth-order valence-electron chi connectivity index (χ4n) is 1.53. The fourth-order valence-corrected chi connectivity index (χ4v) is 2.39. The summed E-state index contributed by atoms with van der Waals surface area (Å²) in [5.41, 5.74) is -0.179. The van der Waals surface area contributed by atoms with E-state index in [2.05, 4.69) is 15.5 Å². The van der Waals surface area contributed by atoms with E-state index >= 15 is 0 Å². The number of hydrogen-bond donors (Lipinski definition) is 1. The van der Waals surface area contributed by atoms with E-state index in [0.717, 1.165) is 24.0 Å². The molecule has 5 nitrogen and oxygen atoms in total. The van der Waals surface area contributed by atoms with Crippen molar-refractivity contribution in [3.63, 3.8) is 0 Å². The first-order valence-electron chi connectivity index (χ1n) is 6.17. The van der Waals surface area contributed by atoms with Crippen LogP contribution < -0.4 is 5.32 Å². The average Bonchev–Trinajstić information content (AvgIpc) is 2.74. The number of rotatable bonds is 4. The molecule has 1 amide bonds. The van der Waals surface area contributed by atoms with Gasteiger partial charge in [0.2, 0.25) is 5.91 Å². The maximum Gasteiger partial charge on any atom is 0.237 e. The molecule has 0 unspecified atom stereocenters. The minimum atomic E-state index is -0.684. The van der Waals surface area contributed by atoms with Crippen molar-refractivity contribution in [3.05, 3.63) is 35.7 Å². The van der Waals surface area contributed by atoms with E-state index in [4.69, 9.17) is 0 Å². The van der Waals surface area contributed by atoms with Gasteiger partial charge in [0.25, 0.3) is 0 Å². The highest BCUT2D eigenvalue weighted by molar-refractivity contribution is 8.00. The number of aryl methyl sites for hydroxylation is 1. The number of anilines is 1. The highest BCUT2D eigenvalue weighted by atomic mass is 32.2. The second-order valence-electron chi connectivity index (χ2n) is 4.46. The Kier molecular flexibility index (Phi) is 4.56. The zero-order valence-corrected chi connectivity index (χ0v) is 12.5. The molecule has 0 bridgehead atoms. The molecule has 1 aromatic heterocycles. The molecule has 2 aromatic rings. The lowest BCUT2D eigenvalue weighted by Gasteiger charge is -2.12. The van der Waals surface area contributed by atoms with Crippen LogP contribution >= 0.6 is 11.8 Å². The summed E-state index contributed by atoms with van der Waals surface area (Å²) >= 11 is 1.19. The molecule has 0 saturated carbocycles. The van der Waals surface area contributed by atoms with Crippen molar-refractivity contribution in [2.75, 3.05) is 5.32 Å². The maximum absolute atomic E-state index is 13.5. The SMILES string of the molecule is Cc1nnc(S[C@@H](C)C(=O)Nc2cc(F)ccc2F)n1C. The number of hydrogen-bond acceptors (Lipinski definition) is 4. The van der Waals surface area contributed by atoms with Crippen molar-refractivity contribution >= 4 is 23.4 Å². The molecule has 1 atom stereocenters. The third-order valence-corrected chi connectivity index (χ3v) is 4.02. The molecule has 1 N–H and O–H groups in total.